The van der Waals surface area contributed by atoms with Gasteiger partial charge in [0.05, 0.1) is 21.7 Å². The Morgan fingerprint density at radius 3 is 2.74 bits per heavy atom. The van der Waals surface area contributed by atoms with Crippen molar-refractivity contribution in [2.45, 2.75) is 69.7 Å². The molecule has 0 amide bonds. The molecule has 1 saturated heterocycles. The van der Waals surface area contributed by atoms with E-state index in [2.05, 4.69) is 18.9 Å². The Balaban J connectivity index is 1.86. The normalized spacial score (nSPS) is 22.8. The van der Waals surface area contributed by atoms with Gasteiger partial charge >= 0.3 is 0 Å². The van der Waals surface area contributed by atoms with Crippen molar-refractivity contribution in [3.8, 4) is 0 Å². The van der Waals surface area contributed by atoms with Crippen molar-refractivity contribution in [1.82, 2.24) is 5.06 Å². The fraction of sp³-hybridized carbons (Fsp3) is 0.579. The number of hydroxylamine groups is 2. The quantitative estimate of drug-likeness (QED) is 0.707. The molecule has 0 unspecified atom stereocenters. The number of unbranched alkanes of at least 4 members (excludes halogenated alkanes) is 2. The summed E-state index contributed by atoms with van der Waals surface area (Å²) in [4.78, 5) is 8.04. The molecule has 0 bridgehead atoms. The van der Waals surface area contributed by atoms with E-state index in [9.17, 15) is 4.21 Å². The number of fused-ring (bicyclic) bond motifs is 1. The third kappa shape index (κ3) is 3.69. The molecule has 2 atom stereocenters. The van der Waals surface area contributed by atoms with Crippen molar-refractivity contribution < 1.29 is 9.05 Å². The lowest BCUT2D eigenvalue weighted by Crippen LogP contribution is -2.36. The Hall–Kier alpha value is -1.13. The Bertz CT molecular complexity index is 594. The van der Waals surface area contributed by atoms with Gasteiger partial charge in [0.15, 0.2) is 0 Å². The van der Waals surface area contributed by atoms with Gasteiger partial charge in [-0.1, -0.05) is 37.5 Å². The van der Waals surface area contributed by atoms with E-state index >= 15 is 0 Å². The van der Waals surface area contributed by atoms with Crippen LogP contribution >= 0.6 is 0 Å². The molecule has 3 nitrogen and oxygen atoms in total. The molecule has 2 heterocycles. The fourth-order valence-electron chi connectivity index (χ4n) is 3.37. The van der Waals surface area contributed by atoms with Crippen LogP contribution in [0.2, 0.25) is 0 Å². The summed E-state index contributed by atoms with van der Waals surface area (Å²) in [5.41, 5.74) is 1.20. The molecular weight excluding hydrogens is 306 g/mol. The summed E-state index contributed by atoms with van der Waals surface area (Å²) in [6.07, 6.45) is 7.84. The van der Waals surface area contributed by atoms with Crippen LogP contribution in [0.1, 0.15) is 57.4 Å². The molecule has 1 fully saturated rings. The lowest BCUT2D eigenvalue weighted by Gasteiger charge is -2.28. The van der Waals surface area contributed by atoms with Crippen LogP contribution in [0.5, 0.6) is 0 Å². The largest absolute Gasteiger partial charge is 0.409 e. The molecular formula is C19H27NO2S. The molecule has 3 rings (SSSR count). The maximum absolute atomic E-state index is 13.2. The number of hydrogen-bond acceptors (Lipinski definition) is 3. The molecule has 0 N–H and O–H groups in total. The van der Waals surface area contributed by atoms with E-state index in [0.29, 0.717) is 0 Å². The third-order valence-electron chi connectivity index (χ3n) is 4.70. The molecule has 23 heavy (non-hydrogen) atoms. The van der Waals surface area contributed by atoms with Gasteiger partial charge in [-0.15, -0.1) is 5.06 Å². The summed E-state index contributed by atoms with van der Waals surface area (Å²) in [6, 6.07) is 8.28. The Morgan fingerprint density at radius 2 is 2.00 bits per heavy atom. The van der Waals surface area contributed by atoms with Crippen LogP contribution in [0.3, 0.4) is 0 Å². The Morgan fingerprint density at radius 1 is 1.22 bits per heavy atom. The number of nitrogens with zero attached hydrogens (tertiary/aromatic N) is 1. The van der Waals surface area contributed by atoms with Gasteiger partial charge in [0.2, 0.25) is 0 Å². The highest BCUT2D eigenvalue weighted by Crippen LogP contribution is 2.38. The van der Waals surface area contributed by atoms with Crippen LogP contribution in [0.15, 0.2) is 39.8 Å². The molecule has 126 valence electrons. The summed E-state index contributed by atoms with van der Waals surface area (Å²) < 4.78 is 13.2. The van der Waals surface area contributed by atoms with Crippen LogP contribution < -0.4 is 0 Å². The summed E-state index contributed by atoms with van der Waals surface area (Å²) in [5, 5.41) is 2.08. The average molecular weight is 333 g/mol. The minimum Gasteiger partial charge on any atom is -0.409 e. The lowest BCUT2D eigenvalue weighted by molar-refractivity contribution is -0.132. The molecule has 1 aromatic rings. The van der Waals surface area contributed by atoms with Gasteiger partial charge in [0, 0.05) is 17.9 Å². The van der Waals surface area contributed by atoms with E-state index in [1.54, 1.807) is 0 Å². The number of benzene rings is 1. The van der Waals surface area contributed by atoms with Gasteiger partial charge < -0.3 is 4.84 Å². The van der Waals surface area contributed by atoms with E-state index in [1.165, 1.54) is 31.2 Å². The summed E-state index contributed by atoms with van der Waals surface area (Å²) in [5.74, 6) is 0.976. The molecule has 0 spiro atoms. The van der Waals surface area contributed by atoms with E-state index in [4.69, 9.17) is 4.84 Å². The molecule has 0 aromatic heterocycles. The van der Waals surface area contributed by atoms with Crippen molar-refractivity contribution >= 4 is 10.8 Å². The van der Waals surface area contributed by atoms with Crippen LogP contribution in [-0.2, 0) is 15.6 Å². The number of allylic oxidation sites excluding steroid dienone is 1. The van der Waals surface area contributed by atoms with Crippen LogP contribution in [0.25, 0.3) is 0 Å². The van der Waals surface area contributed by atoms with Gasteiger partial charge in [-0.05, 0) is 44.7 Å². The summed E-state index contributed by atoms with van der Waals surface area (Å²) in [7, 11) is -1.11. The first-order chi connectivity index (χ1) is 11.2. The number of rotatable bonds is 6. The topological polar surface area (TPSA) is 29.5 Å². The first-order valence-corrected chi connectivity index (χ1v) is 10.0. The zero-order valence-electron chi connectivity index (χ0n) is 14.2. The van der Waals surface area contributed by atoms with E-state index in [-0.39, 0.29) is 6.04 Å². The van der Waals surface area contributed by atoms with E-state index in [0.717, 1.165) is 41.4 Å². The standard InChI is InChI=1S/C19H27NO2S/c1-3-4-5-9-18-19(17-8-6-7-14-20(17)22-18)23(21)16-12-10-15(2)11-13-16/h10-13,17H,3-9,14H2,1-2H3/t17-,23+/m1/s1. The maximum atomic E-state index is 13.2. The van der Waals surface area contributed by atoms with Crippen LogP contribution in [0, 0.1) is 6.92 Å². The third-order valence-corrected chi connectivity index (χ3v) is 6.30. The lowest BCUT2D eigenvalue weighted by atomic mass is 10.0. The highest BCUT2D eigenvalue weighted by atomic mass is 32.2. The smallest absolute Gasteiger partial charge is 0.138 e. The molecule has 1 aromatic carbocycles. The van der Waals surface area contributed by atoms with Gasteiger partial charge in [0.1, 0.15) is 5.76 Å². The van der Waals surface area contributed by atoms with Crippen molar-refractivity contribution in [3.05, 3.63) is 40.5 Å². The van der Waals surface area contributed by atoms with Crippen molar-refractivity contribution in [2.24, 2.45) is 0 Å². The van der Waals surface area contributed by atoms with Crippen molar-refractivity contribution in [3.63, 3.8) is 0 Å². The van der Waals surface area contributed by atoms with Gasteiger partial charge in [-0.2, -0.15) is 0 Å². The minimum absolute atomic E-state index is 0.211. The van der Waals surface area contributed by atoms with Crippen molar-refractivity contribution in [1.29, 1.82) is 0 Å². The second-order valence-corrected chi connectivity index (χ2v) is 8.02. The Kier molecular flexibility index (Phi) is 5.54. The van der Waals surface area contributed by atoms with Crippen molar-refractivity contribution in [2.75, 3.05) is 6.54 Å². The molecule has 0 saturated carbocycles. The maximum Gasteiger partial charge on any atom is 0.138 e. The van der Waals surface area contributed by atoms with Crippen LogP contribution in [0.4, 0.5) is 0 Å². The molecule has 4 heteroatoms. The number of piperidine rings is 1. The molecule has 0 aliphatic carbocycles. The molecule has 2 aliphatic rings. The fourth-order valence-corrected chi connectivity index (χ4v) is 4.83. The van der Waals surface area contributed by atoms with E-state index < -0.39 is 10.8 Å². The zero-order chi connectivity index (χ0) is 16.2. The summed E-state index contributed by atoms with van der Waals surface area (Å²) in [6.45, 7) is 5.22. The molecule has 0 radical (unpaired) electrons. The number of aryl methyl sites for hydroxylation is 1. The SMILES string of the molecule is CCCCCC1=C([S@@](=O)c2ccc(C)cc2)[C@H]2CCCCN2O1. The van der Waals surface area contributed by atoms with E-state index in [1.807, 2.05) is 24.3 Å². The zero-order valence-corrected chi connectivity index (χ0v) is 15.0. The second-order valence-electron chi connectivity index (χ2n) is 6.57. The number of hydrogen-bond donors (Lipinski definition) is 0. The minimum atomic E-state index is -1.11. The monoisotopic (exact) mass is 333 g/mol. The van der Waals surface area contributed by atoms with Gasteiger partial charge in [-0.3, -0.25) is 0 Å². The second kappa shape index (κ2) is 7.63. The summed E-state index contributed by atoms with van der Waals surface area (Å²) >= 11 is 0. The molecule has 2 aliphatic heterocycles. The van der Waals surface area contributed by atoms with Gasteiger partial charge in [-0.25, -0.2) is 4.21 Å². The van der Waals surface area contributed by atoms with Gasteiger partial charge in [0.25, 0.3) is 0 Å². The highest BCUT2D eigenvalue weighted by molar-refractivity contribution is 7.89. The van der Waals surface area contributed by atoms with Crippen LogP contribution in [-0.4, -0.2) is 21.9 Å². The first kappa shape index (κ1) is 16.7. The Labute approximate surface area is 142 Å². The highest BCUT2D eigenvalue weighted by Gasteiger charge is 2.39. The average Bonchev–Trinajstić information content (AvgIpc) is 2.93. The first-order valence-electron chi connectivity index (χ1n) is 8.86. The predicted octanol–water partition coefficient (Wildman–Crippen LogP) is 4.69. The predicted molar refractivity (Wildman–Crippen MR) is 94.2 cm³/mol.